The van der Waals surface area contributed by atoms with E-state index in [9.17, 15) is 4.79 Å². The van der Waals surface area contributed by atoms with Gasteiger partial charge in [-0.15, -0.1) is 0 Å². The van der Waals surface area contributed by atoms with E-state index in [2.05, 4.69) is 23.6 Å². The molecule has 1 saturated carbocycles. The maximum Gasteiger partial charge on any atom is 0.217 e. The summed E-state index contributed by atoms with van der Waals surface area (Å²) in [5.41, 5.74) is 1.26. The van der Waals surface area contributed by atoms with Gasteiger partial charge in [-0.05, 0) is 52.5 Å². The van der Waals surface area contributed by atoms with Gasteiger partial charge in [-0.2, -0.15) is 0 Å². The molecule has 1 aromatic rings. The molecule has 0 aromatic carbocycles. The zero-order valence-corrected chi connectivity index (χ0v) is 13.0. The lowest BCUT2D eigenvalue weighted by Gasteiger charge is -2.31. The summed E-state index contributed by atoms with van der Waals surface area (Å²) in [6.07, 6.45) is 4.36. The zero-order valence-electron chi connectivity index (χ0n) is 13.0. The van der Waals surface area contributed by atoms with Crippen molar-refractivity contribution in [3.8, 4) is 0 Å². The smallest absolute Gasteiger partial charge is 0.217 e. The summed E-state index contributed by atoms with van der Waals surface area (Å²) in [6, 6.07) is 3.33. The summed E-state index contributed by atoms with van der Waals surface area (Å²) in [5, 5.41) is 6.71. The first kappa shape index (κ1) is 15.1. The monoisotopic (exact) mass is 278 g/mol. The highest BCUT2D eigenvalue weighted by Crippen LogP contribution is 2.25. The van der Waals surface area contributed by atoms with Crippen molar-refractivity contribution in [3.05, 3.63) is 23.2 Å². The predicted molar refractivity (Wildman–Crippen MR) is 79.6 cm³/mol. The van der Waals surface area contributed by atoms with Crippen LogP contribution in [0.15, 0.2) is 10.5 Å². The number of rotatable bonds is 4. The summed E-state index contributed by atoms with van der Waals surface area (Å²) in [5.74, 6) is 2.06. The average Bonchev–Trinajstić information content (AvgIpc) is 2.70. The second kappa shape index (κ2) is 6.44. The van der Waals surface area contributed by atoms with E-state index in [1.807, 2.05) is 13.8 Å². The number of amides is 1. The molecule has 0 spiro atoms. The number of furan rings is 1. The van der Waals surface area contributed by atoms with Gasteiger partial charge in [0.25, 0.3) is 0 Å². The van der Waals surface area contributed by atoms with E-state index >= 15 is 0 Å². The molecular formula is C16H26N2O2. The molecule has 4 nitrogen and oxygen atoms in total. The lowest BCUT2D eigenvalue weighted by molar-refractivity contribution is -0.119. The van der Waals surface area contributed by atoms with Crippen LogP contribution in [0.1, 0.15) is 62.7 Å². The van der Waals surface area contributed by atoms with Crippen LogP contribution in [-0.2, 0) is 4.79 Å². The summed E-state index contributed by atoms with van der Waals surface area (Å²) in [7, 11) is 0. The first-order valence-corrected chi connectivity index (χ1v) is 7.55. The van der Waals surface area contributed by atoms with Crippen molar-refractivity contribution in [1.29, 1.82) is 0 Å². The van der Waals surface area contributed by atoms with E-state index in [0.717, 1.165) is 37.2 Å². The van der Waals surface area contributed by atoms with Crippen molar-refractivity contribution in [3.63, 3.8) is 0 Å². The third kappa shape index (κ3) is 3.85. The molecule has 1 aliphatic carbocycles. The highest BCUT2D eigenvalue weighted by molar-refractivity contribution is 5.73. The molecular weight excluding hydrogens is 252 g/mol. The van der Waals surface area contributed by atoms with Crippen LogP contribution < -0.4 is 10.6 Å². The van der Waals surface area contributed by atoms with Gasteiger partial charge in [-0.25, -0.2) is 0 Å². The second-order valence-electron chi connectivity index (χ2n) is 6.01. The van der Waals surface area contributed by atoms with Gasteiger partial charge in [0, 0.05) is 30.6 Å². The molecule has 1 aliphatic rings. The molecule has 0 radical (unpaired) electrons. The molecule has 2 rings (SSSR count). The SMILES string of the molecule is CC(=O)NC1CCC(N[C@H](C)c2cc(C)oc2C)CC1. The van der Waals surface area contributed by atoms with Gasteiger partial charge in [0.15, 0.2) is 0 Å². The Balaban J connectivity index is 1.83. The van der Waals surface area contributed by atoms with Crippen molar-refractivity contribution in [2.75, 3.05) is 0 Å². The number of carbonyl (C=O) groups is 1. The molecule has 1 atom stereocenters. The van der Waals surface area contributed by atoms with E-state index in [1.54, 1.807) is 6.92 Å². The first-order chi connectivity index (χ1) is 9.45. The minimum absolute atomic E-state index is 0.0827. The van der Waals surface area contributed by atoms with Crippen LogP contribution in [-0.4, -0.2) is 18.0 Å². The molecule has 4 heteroatoms. The Labute approximate surface area is 121 Å². The van der Waals surface area contributed by atoms with E-state index in [-0.39, 0.29) is 5.91 Å². The van der Waals surface area contributed by atoms with Gasteiger partial charge >= 0.3 is 0 Å². The fourth-order valence-corrected chi connectivity index (χ4v) is 3.22. The number of hydrogen-bond acceptors (Lipinski definition) is 3. The molecule has 1 aromatic heterocycles. The molecule has 2 N–H and O–H groups in total. The Kier molecular flexibility index (Phi) is 4.86. The van der Waals surface area contributed by atoms with Crippen LogP contribution in [0, 0.1) is 13.8 Å². The minimum atomic E-state index is 0.0827. The predicted octanol–water partition coefficient (Wildman–Crippen LogP) is 2.99. The second-order valence-corrected chi connectivity index (χ2v) is 6.01. The standard InChI is InChI=1S/C16H26N2O2/c1-10-9-16(12(3)20-10)11(2)17-14-5-7-15(8-6-14)18-13(4)19/h9,11,14-15,17H,5-8H2,1-4H3,(H,18,19)/t11-,14?,15?/m1/s1. The van der Waals surface area contributed by atoms with Gasteiger partial charge in [0.1, 0.15) is 11.5 Å². The first-order valence-electron chi connectivity index (χ1n) is 7.55. The van der Waals surface area contributed by atoms with E-state index in [1.165, 1.54) is 5.56 Å². The topological polar surface area (TPSA) is 54.3 Å². The molecule has 20 heavy (non-hydrogen) atoms. The van der Waals surface area contributed by atoms with E-state index in [0.29, 0.717) is 18.1 Å². The molecule has 0 unspecified atom stereocenters. The maximum atomic E-state index is 11.1. The molecule has 1 heterocycles. The highest BCUT2D eigenvalue weighted by atomic mass is 16.3. The molecule has 0 aliphatic heterocycles. The lowest BCUT2D eigenvalue weighted by Crippen LogP contribution is -2.42. The Hall–Kier alpha value is -1.29. The molecule has 112 valence electrons. The molecule has 0 saturated heterocycles. The van der Waals surface area contributed by atoms with Gasteiger partial charge in [-0.1, -0.05) is 0 Å². The summed E-state index contributed by atoms with van der Waals surface area (Å²) in [6.45, 7) is 7.80. The van der Waals surface area contributed by atoms with E-state index in [4.69, 9.17) is 4.42 Å². The number of carbonyl (C=O) groups excluding carboxylic acids is 1. The van der Waals surface area contributed by atoms with Crippen LogP contribution in [0.25, 0.3) is 0 Å². The summed E-state index contributed by atoms with van der Waals surface area (Å²) < 4.78 is 5.60. The van der Waals surface area contributed by atoms with Crippen molar-refractivity contribution in [2.45, 2.75) is 71.5 Å². The average molecular weight is 278 g/mol. The fourth-order valence-electron chi connectivity index (χ4n) is 3.22. The van der Waals surface area contributed by atoms with Crippen molar-refractivity contribution in [2.24, 2.45) is 0 Å². The third-order valence-corrected chi connectivity index (χ3v) is 4.17. The largest absolute Gasteiger partial charge is 0.466 e. The van der Waals surface area contributed by atoms with Crippen LogP contribution in [0.3, 0.4) is 0 Å². The third-order valence-electron chi connectivity index (χ3n) is 4.17. The highest BCUT2D eigenvalue weighted by Gasteiger charge is 2.23. The molecule has 0 bridgehead atoms. The summed E-state index contributed by atoms with van der Waals surface area (Å²) >= 11 is 0. The Morgan fingerprint density at radius 1 is 1.25 bits per heavy atom. The Morgan fingerprint density at radius 2 is 1.85 bits per heavy atom. The van der Waals surface area contributed by atoms with Gasteiger partial charge in [0.05, 0.1) is 0 Å². The molecule has 1 fully saturated rings. The Morgan fingerprint density at radius 3 is 2.35 bits per heavy atom. The van der Waals surface area contributed by atoms with E-state index < -0.39 is 0 Å². The normalized spacial score (nSPS) is 24.4. The molecule has 1 amide bonds. The van der Waals surface area contributed by atoms with Gasteiger partial charge in [0.2, 0.25) is 5.91 Å². The Bertz CT molecular complexity index is 459. The zero-order chi connectivity index (χ0) is 14.7. The van der Waals surface area contributed by atoms with Gasteiger partial charge in [-0.3, -0.25) is 4.79 Å². The fraction of sp³-hybridized carbons (Fsp3) is 0.688. The van der Waals surface area contributed by atoms with Crippen molar-refractivity contribution in [1.82, 2.24) is 10.6 Å². The minimum Gasteiger partial charge on any atom is -0.466 e. The number of aryl methyl sites for hydroxylation is 2. The summed E-state index contributed by atoms with van der Waals surface area (Å²) in [4.78, 5) is 11.1. The van der Waals surface area contributed by atoms with Crippen molar-refractivity contribution < 1.29 is 9.21 Å². The number of hydrogen-bond donors (Lipinski definition) is 2. The van der Waals surface area contributed by atoms with Crippen LogP contribution in [0.5, 0.6) is 0 Å². The van der Waals surface area contributed by atoms with Crippen LogP contribution in [0.4, 0.5) is 0 Å². The number of nitrogens with one attached hydrogen (secondary N) is 2. The van der Waals surface area contributed by atoms with Crippen LogP contribution >= 0.6 is 0 Å². The lowest BCUT2D eigenvalue weighted by atomic mass is 9.90. The quantitative estimate of drug-likeness (QED) is 0.890. The maximum absolute atomic E-state index is 11.1. The van der Waals surface area contributed by atoms with Gasteiger partial charge < -0.3 is 15.1 Å². The van der Waals surface area contributed by atoms with Crippen LogP contribution in [0.2, 0.25) is 0 Å². The van der Waals surface area contributed by atoms with Crippen molar-refractivity contribution >= 4 is 5.91 Å².